The maximum Gasteiger partial charge on any atom is 0.146 e. The molecule has 0 saturated carbocycles. The van der Waals surface area contributed by atoms with Crippen molar-refractivity contribution < 1.29 is 0 Å². The van der Waals surface area contributed by atoms with Gasteiger partial charge in [0.25, 0.3) is 0 Å². The van der Waals surface area contributed by atoms with Gasteiger partial charge in [-0.25, -0.2) is 4.68 Å². The summed E-state index contributed by atoms with van der Waals surface area (Å²) in [4.78, 5) is 0. The molecule has 0 bridgehead atoms. The van der Waals surface area contributed by atoms with Crippen molar-refractivity contribution in [1.29, 1.82) is 0 Å². The largest absolute Gasteiger partial charge is 0.317 e. The fraction of sp³-hybridized carbons (Fsp3) is 0.267. The number of aryl methyl sites for hydroxylation is 1. The number of benzene rings is 1. The van der Waals surface area contributed by atoms with Crippen molar-refractivity contribution in [2.24, 2.45) is 0 Å². The summed E-state index contributed by atoms with van der Waals surface area (Å²) >= 11 is 5.89. The number of nitrogens with one attached hydrogen (secondary N) is 1. The van der Waals surface area contributed by atoms with Crippen molar-refractivity contribution in [3.8, 4) is 5.69 Å². The zero-order valence-corrected chi connectivity index (χ0v) is 13.0. The number of nitrogens with zero attached hydrogens (tertiary/aromatic N) is 5. The van der Waals surface area contributed by atoms with Crippen LogP contribution in [-0.4, -0.2) is 24.5 Å². The van der Waals surface area contributed by atoms with Gasteiger partial charge in [-0.1, -0.05) is 11.6 Å². The van der Waals surface area contributed by atoms with Crippen LogP contribution in [-0.2, 0) is 19.6 Å². The van der Waals surface area contributed by atoms with Crippen LogP contribution in [0.2, 0.25) is 5.02 Å². The van der Waals surface area contributed by atoms with E-state index in [1.54, 1.807) is 6.33 Å². The minimum Gasteiger partial charge on any atom is -0.317 e. The monoisotopic (exact) mass is 316 g/mol. The molecule has 0 aliphatic carbocycles. The van der Waals surface area contributed by atoms with Gasteiger partial charge in [0.2, 0.25) is 0 Å². The van der Waals surface area contributed by atoms with Crippen LogP contribution in [0, 0.1) is 0 Å². The van der Waals surface area contributed by atoms with Gasteiger partial charge in [-0.05, 0) is 31.2 Å². The van der Waals surface area contributed by atoms with E-state index >= 15 is 0 Å². The Hall–Kier alpha value is -2.18. The van der Waals surface area contributed by atoms with Crippen molar-refractivity contribution in [2.45, 2.75) is 26.6 Å². The highest BCUT2D eigenvalue weighted by atomic mass is 35.5. The summed E-state index contributed by atoms with van der Waals surface area (Å²) in [6.45, 7) is 4.35. The van der Waals surface area contributed by atoms with Gasteiger partial charge in [-0.3, -0.25) is 0 Å². The maximum atomic E-state index is 5.89. The molecule has 2 heterocycles. The lowest BCUT2D eigenvalue weighted by molar-refractivity contribution is 0.612. The Morgan fingerprint density at radius 1 is 1.18 bits per heavy atom. The van der Waals surface area contributed by atoms with Crippen LogP contribution in [0.15, 0.2) is 43.0 Å². The third-order valence-electron chi connectivity index (χ3n) is 3.38. The third-order valence-corrected chi connectivity index (χ3v) is 3.63. The molecule has 22 heavy (non-hydrogen) atoms. The highest BCUT2D eigenvalue weighted by Crippen LogP contribution is 2.13. The summed E-state index contributed by atoms with van der Waals surface area (Å²) in [5.41, 5.74) is 2.10. The lowest BCUT2D eigenvalue weighted by Gasteiger charge is -2.04. The lowest BCUT2D eigenvalue weighted by atomic mass is 10.3. The summed E-state index contributed by atoms with van der Waals surface area (Å²) < 4.78 is 3.85. The summed E-state index contributed by atoms with van der Waals surface area (Å²) in [5, 5.41) is 16.5. The van der Waals surface area contributed by atoms with E-state index in [1.165, 1.54) is 0 Å². The summed E-state index contributed by atoms with van der Waals surface area (Å²) in [6, 6.07) is 7.59. The number of hydrogen-bond acceptors (Lipinski definition) is 4. The number of aromatic nitrogens is 5. The molecule has 0 unspecified atom stereocenters. The van der Waals surface area contributed by atoms with Crippen LogP contribution in [0.5, 0.6) is 0 Å². The van der Waals surface area contributed by atoms with Crippen molar-refractivity contribution in [3.63, 3.8) is 0 Å². The van der Waals surface area contributed by atoms with E-state index in [1.807, 2.05) is 45.9 Å². The van der Waals surface area contributed by atoms with E-state index in [9.17, 15) is 0 Å². The number of hydrogen-bond donors (Lipinski definition) is 1. The molecule has 3 aromatic rings. The van der Waals surface area contributed by atoms with Gasteiger partial charge in [0, 0.05) is 29.9 Å². The molecule has 0 aliphatic rings. The lowest BCUT2D eigenvalue weighted by Crippen LogP contribution is -2.16. The molecule has 0 fully saturated rings. The molecule has 0 atom stereocenters. The average Bonchev–Trinajstić information content (AvgIpc) is 3.17. The summed E-state index contributed by atoms with van der Waals surface area (Å²) in [6.07, 6.45) is 5.60. The highest BCUT2D eigenvalue weighted by Gasteiger charge is 2.04. The normalized spacial score (nSPS) is 11.0. The quantitative estimate of drug-likeness (QED) is 0.758. The van der Waals surface area contributed by atoms with Gasteiger partial charge < -0.3 is 9.88 Å². The molecule has 1 aromatic carbocycles. The maximum absolute atomic E-state index is 5.89. The van der Waals surface area contributed by atoms with E-state index < -0.39 is 0 Å². The Kier molecular flexibility index (Phi) is 4.50. The topological polar surface area (TPSA) is 60.6 Å². The Morgan fingerprint density at radius 3 is 2.77 bits per heavy atom. The molecule has 3 rings (SSSR count). The average molecular weight is 317 g/mol. The minimum absolute atomic E-state index is 0.681. The summed E-state index contributed by atoms with van der Waals surface area (Å²) in [7, 11) is 0. The van der Waals surface area contributed by atoms with Crippen LogP contribution in [0.1, 0.15) is 18.3 Å². The van der Waals surface area contributed by atoms with E-state index in [4.69, 9.17) is 11.6 Å². The fourth-order valence-electron chi connectivity index (χ4n) is 2.19. The van der Waals surface area contributed by atoms with Crippen molar-refractivity contribution in [3.05, 3.63) is 59.4 Å². The molecular weight excluding hydrogens is 300 g/mol. The number of halogens is 1. The zero-order valence-electron chi connectivity index (χ0n) is 12.3. The minimum atomic E-state index is 0.681. The van der Waals surface area contributed by atoms with E-state index in [0.717, 1.165) is 35.2 Å². The van der Waals surface area contributed by atoms with Gasteiger partial charge in [0.05, 0.1) is 18.4 Å². The van der Waals surface area contributed by atoms with Crippen LogP contribution in [0.4, 0.5) is 0 Å². The van der Waals surface area contributed by atoms with Gasteiger partial charge in [-0.2, -0.15) is 5.10 Å². The van der Waals surface area contributed by atoms with Crippen LogP contribution >= 0.6 is 11.6 Å². The second-order valence-corrected chi connectivity index (χ2v) is 5.34. The van der Waals surface area contributed by atoms with Crippen LogP contribution in [0.25, 0.3) is 5.69 Å². The van der Waals surface area contributed by atoms with E-state index in [-0.39, 0.29) is 0 Å². The first-order chi connectivity index (χ1) is 10.8. The SMILES string of the molecule is CCn1cnnc1CNCc1cnn(-c2ccc(Cl)cc2)c1. The van der Waals surface area contributed by atoms with E-state index in [2.05, 4.69) is 27.5 Å². The molecule has 0 radical (unpaired) electrons. The van der Waals surface area contributed by atoms with Crippen LogP contribution in [0.3, 0.4) is 0 Å². The molecule has 0 aliphatic heterocycles. The molecule has 0 saturated heterocycles. The van der Waals surface area contributed by atoms with Gasteiger partial charge in [0.1, 0.15) is 12.2 Å². The van der Waals surface area contributed by atoms with Crippen LogP contribution < -0.4 is 5.32 Å². The first kappa shape index (κ1) is 14.7. The molecule has 2 aromatic heterocycles. The van der Waals surface area contributed by atoms with Crippen molar-refractivity contribution >= 4 is 11.6 Å². The Bertz CT molecular complexity index is 731. The standard InChI is InChI=1S/C15H17ClN6/c1-2-21-11-18-20-15(21)9-17-7-12-8-19-22(10-12)14-5-3-13(16)4-6-14/h3-6,8,10-11,17H,2,7,9H2,1H3. The second-order valence-electron chi connectivity index (χ2n) is 4.91. The predicted octanol–water partition coefficient (Wildman–Crippen LogP) is 2.43. The van der Waals surface area contributed by atoms with Gasteiger partial charge in [-0.15, -0.1) is 10.2 Å². The molecule has 0 amide bonds. The number of rotatable bonds is 6. The third kappa shape index (κ3) is 3.35. The van der Waals surface area contributed by atoms with Crippen molar-refractivity contribution in [2.75, 3.05) is 0 Å². The van der Waals surface area contributed by atoms with Gasteiger partial charge in [0.15, 0.2) is 0 Å². The van der Waals surface area contributed by atoms with E-state index in [0.29, 0.717) is 6.54 Å². The molecule has 114 valence electrons. The molecule has 6 nitrogen and oxygen atoms in total. The summed E-state index contributed by atoms with van der Waals surface area (Å²) in [5.74, 6) is 0.938. The van der Waals surface area contributed by atoms with Gasteiger partial charge >= 0.3 is 0 Å². The predicted molar refractivity (Wildman–Crippen MR) is 84.8 cm³/mol. The first-order valence-electron chi connectivity index (χ1n) is 7.13. The Morgan fingerprint density at radius 2 is 2.00 bits per heavy atom. The molecule has 0 spiro atoms. The highest BCUT2D eigenvalue weighted by molar-refractivity contribution is 6.30. The van der Waals surface area contributed by atoms with Crippen molar-refractivity contribution in [1.82, 2.24) is 29.9 Å². The first-order valence-corrected chi connectivity index (χ1v) is 7.51. The fourth-order valence-corrected chi connectivity index (χ4v) is 2.31. The smallest absolute Gasteiger partial charge is 0.146 e. The molecule has 1 N–H and O–H groups in total. The zero-order chi connectivity index (χ0) is 15.4. The molecular formula is C15H17ClN6. The Balaban J connectivity index is 1.59. The second kappa shape index (κ2) is 6.72. The Labute approximate surface area is 133 Å². The molecule has 7 heteroatoms.